The van der Waals surface area contributed by atoms with Gasteiger partial charge in [0, 0.05) is 11.7 Å². The number of rotatable bonds is 13. The van der Waals surface area contributed by atoms with Crippen LogP contribution in [0.1, 0.15) is 40.7 Å². The molecule has 0 heterocycles. The molecule has 0 saturated carbocycles. The van der Waals surface area contributed by atoms with Crippen LogP contribution in [0.5, 0.6) is 0 Å². The number of amides is 2. The Balaban J connectivity index is 1.31. The number of aliphatic hydroxyl groups excluding tert-OH is 1. The van der Waals surface area contributed by atoms with E-state index in [4.69, 9.17) is 9.47 Å². The van der Waals surface area contributed by atoms with E-state index in [1.165, 1.54) is 25.8 Å². The second kappa shape index (κ2) is 16.1. The third-order valence-electron chi connectivity index (χ3n) is 9.19. The summed E-state index contributed by atoms with van der Waals surface area (Å²) in [5, 5.41) is 15.8. The minimum Gasteiger partial charge on any atom is -0.467 e. The molecule has 0 fully saturated rings. The molecule has 260 valence electrons. The Hall–Kier alpha value is -5.38. The standard InChI is InChI=1S/C42H40N2O6S/c1-28(45)38(40(47)49-2)44-39(46)37(43-41(48)50-26-36-34-24-14-12-22-32(34)33-23-13-15-25-35(33)36)27-51-42(29-16-6-3-7-17-29,30-18-8-4-9-19-30)31-20-10-5-11-21-31/h3-25,28,36-38,45H,26-27H2,1-2H3,(H,43,48)(H,44,46). The normalized spacial score (nSPS) is 13.9. The Labute approximate surface area is 302 Å². The van der Waals surface area contributed by atoms with Crippen LogP contribution in [0.4, 0.5) is 4.79 Å². The highest BCUT2D eigenvalue weighted by Crippen LogP contribution is 2.49. The Morgan fingerprint density at radius 3 is 1.61 bits per heavy atom. The summed E-state index contributed by atoms with van der Waals surface area (Å²) in [6.07, 6.45) is -2.03. The van der Waals surface area contributed by atoms with Crippen molar-refractivity contribution in [3.8, 4) is 11.1 Å². The van der Waals surface area contributed by atoms with Crippen LogP contribution in [-0.4, -0.2) is 60.7 Å². The predicted octanol–water partition coefficient (Wildman–Crippen LogP) is 6.66. The van der Waals surface area contributed by atoms with E-state index in [1.54, 1.807) is 0 Å². The number of aliphatic hydroxyl groups is 1. The minimum atomic E-state index is -1.35. The van der Waals surface area contributed by atoms with Crippen LogP contribution in [-0.2, 0) is 23.8 Å². The molecule has 3 unspecified atom stereocenters. The van der Waals surface area contributed by atoms with Gasteiger partial charge in [-0.15, -0.1) is 11.8 Å². The summed E-state index contributed by atoms with van der Waals surface area (Å²) in [6, 6.07) is 43.5. The Morgan fingerprint density at radius 1 is 0.706 bits per heavy atom. The lowest BCUT2D eigenvalue weighted by atomic mass is 9.84. The van der Waals surface area contributed by atoms with Gasteiger partial charge in [-0.3, -0.25) is 4.79 Å². The van der Waals surface area contributed by atoms with Crippen LogP contribution in [0, 0.1) is 0 Å². The molecule has 0 radical (unpaired) electrons. The van der Waals surface area contributed by atoms with Gasteiger partial charge in [0.1, 0.15) is 12.6 Å². The first-order valence-electron chi connectivity index (χ1n) is 16.8. The Bertz CT molecular complexity index is 1810. The lowest BCUT2D eigenvalue weighted by molar-refractivity contribution is -0.148. The second-order valence-corrected chi connectivity index (χ2v) is 13.6. The van der Waals surface area contributed by atoms with E-state index in [0.717, 1.165) is 38.9 Å². The molecule has 3 N–H and O–H groups in total. The maximum atomic E-state index is 14.0. The summed E-state index contributed by atoms with van der Waals surface area (Å²) in [7, 11) is 1.18. The Morgan fingerprint density at radius 2 is 1.16 bits per heavy atom. The third-order valence-corrected chi connectivity index (χ3v) is 10.8. The molecular weight excluding hydrogens is 661 g/mol. The molecule has 3 atom stereocenters. The smallest absolute Gasteiger partial charge is 0.407 e. The van der Waals surface area contributed by atoms with Crippen molar-refractivity contribution in [2.24, 2.45) is 0 Å². The fourth-order valence-electron chi connectivity index (χ4n) is 6.70. The molecule has 1 aliphatic rings. The van der Waals surface area contributed by atoms with Crippen molar-refractivity contribution < 1.29 is 29.0 Å². The summed E-state index contributed by atoms with van der Waals surface area (Å²) in [6.45, 7) is 1.44. The molecule has 9 heteroatoms. The van der Waals surface area contributed by atoms with E-state index in [1.807, 2.05) is 127 Å². The number of benzene rings is 5. The zero-order valence-electron chi connectivity index (χ0n) is 28.4. The maximum Gasteiger partial charge on any atom is 0.407 e. The average Bonchev–Trinajstić information content (AvgIpc) is 3.50. The molecule has 8 nitrogen and oxygen atoms in total. The number of carbonyl (C=O) groups is 3. The lowest BCUT2D eigenvalue weighted by Gasteiger charge is -2.36. The highest BCUT2D eigenvalue weighted by atomic mass is 32.2. The van der Waals surface area contributed by atoms with Crippen LogP contribution >= 0.6 is 11.8 Å². The van der Waals surface area contributed by atoms with Crippen molar-refractivity contribution in [2.45, 2.75) is 35.8 Å². The number of alkyl carbamates (subject to hydrolysis) is 1. The fraction of sp³-hybridized carbons (Fsp3) is 0.214. The van der Waals surface area contributed by atoms with E-state index < -0.39 is 40.9 Å². The molecule has 0 aliphatic heterocycles. The van der Waals surface area contributed by atoms with Gasteiger partial charge in [-0.1, -0.05) is 140 Å². The minimum absolute atomic E-state index is 0.0573. The highest BCUT2D eigenvalue weighted by Gasteiger charge is 2.40. The molecule has 6 rings (SSSR count). The topological polar surface area (TPSA) is 114 Å². The molecule has 0 spiro atoms. The van der Waals surface area contributed by atoms with Crippen molar-refractivity contribution >= 4 is 29.7 Å². The molecule has 1 aliphatic carbocycles. The fourth-order valence-corrected chi connectivity index (χ4v) is 8.26. The van der Waals surface area contributed by atoms with E-state index >= 15 is 0 Å². The van der Waals surface area contributed by atoms with Crippen molar-refractivity contribution in [1.82, 2.24) is 10.6 Å². The van der Waals surface area contributed by atoms with Gasteiger partial charge in [-0.05, 0) is 45.9 Å². The zero-order chi connectivity index (χ0) is 35.8. The summed E-state index contributed by atoms with van der Waals surface area (Å²) in [5.74, 6) is -1.58. The van der Waals surface area contributed by atoms with Crippen molar-refractivity contribution in [1.29, 1.82) is 0 Å². The first-order chi connectivity index (χ1) is 24.8. The monoisotopic (exact) mass is 700 g/mol. The van der Waals surface area contributed by atoms with E-state index in [-0.39, 0.29) is 18.3 Å². The van der Waals surface area contributed by atoms with Gasteiger partial charge < -0.3 is 25.2 Å². The summed E-state index contributed by atoms with van der Waals surface area (Å²) >= 11 is 1.47. The first kappa shape index (κ1) is 35.4. The quantitative estimate of drug-likeness (QED) is 0.0931. The number of methoxy groups -OCH3 is 1. The highest BCUT2D eigenvalue weighted by molar-refractivity contribution is 8.00. The molecule has 0 bridgehead atoms. The summed E-state index contributed by atoms with van der Waals surface area (Å²) in [5.41, 5.74) is 7.25. The van der Waals surface area contributed by atoms with Crippen LogP contribution in [0.3, 0.4) is 0 Å². The third kappa shape index (κ3) is 7.55. The average molecular weight is 701 g/mol. The number of ether oxygens (including phenoxy) is 2. The number of carbonyl (C=O) groups excluding carboxylic acids is 3. The molecule has 5 aromatic rings. The van der Waals surface area contributed by atoms with Gasteiger partial charge in [0.05, 0.1) is 18.0 Å². The van der Waals surface area contributed by atoms with Crippen LogP contribution in [0.2, 0.25) is 0 Å². The van der Waals surface area contributed by atoms with Gasteiger partial charge in [-0.25, -0.2) is 9.59 Å². The van der Waals surface area contributed by atoms with Crippen LogP contribution in [0.25, 0.3) is 11.1 Å². The number of fused-ring (bicyclic) bond motifs is 3. The van der Waals surface area contributed by atoms with E-state index in [9.17, 15) is 19.5 Å². The molecule has 51 heavy (non-hydrogen) atoms. The number of hydrogen-bond donors (Lipinski definition) is 3. The van der Waals surface area contributed by atoms with Crippen molar-refractivity contribution in [3.63, 3.8) is 0 Å². The number of nitrogens with one attached hydrogen (secondary N) is 2. The van der Waals surface area contributed by atoms with E-state index in [0.29, 0.717) is 0 Å². The molecule has 0 saturated heterocycles. The van der Waals surface area contributed by atoms with Gasteiger partial charge in [0.15, 0.2) is 6.04 Å². The lowest BCUT2D eigenvalue weighted by Crippen LogP contribution is -2.56. The van der Waals surface area contributed by atoms with Crippen LogP contribution in [0.15, 0.2) is 140 Å². The first-order valence-corrected chi connectivity index (χ1v) is 17.8. The van der Waals surface area contributed by atoms with Crippen molar-refractivity contribution in [2.75, 3.05) is 19.5 Å². The molecular formula is C42H40N2O6S. The van der Waals surface area contributed by atoms with Gasteiger partial charge >= 0.3 is 12.1 Å². The molecule has 5 aromatic carbocycles. The van der Waals surface area contributed by atoms with Crippen molar-refractivity contribution in [3.05, 3.63) is 167 Å². The molecule has 0 aromatic heterocycles. The summed E-state index contributed by atoms with van der Waals surface area (Å²) in [4.78, 5) is 40.2. The second-order valence-electron chi connectivity index (χ2n) is 12.4. The number of esters is 1. The predicted molar refractivity (Wildman–Crippen MR) is 199 cm³/mol. The zero-order valence-corrected chi connectivity index (χ0v) is 29.2. The SMILES string of the molecule is COC(=O)C(NC(=O)C(CSC(c1ccccc1)(c1ccccc1)c1ccccc1)NC(=O)OCC1c2ccccc2-c2ccccc21)C(C)O. The number of thioether (sulfide) groups is 1. The molecule has 2 amide bonds. The van der Waals surface area contributed by atoms with Gasteiger partial charge in [-0.2, -0.15) is 0 Å². The van der Waals surface area contributed by atoms with Crippen LogP contribution < -0.4 is 10.6 Å². The summed E-state index contributed by atoms with van der Waals surface area (Å²) < 4.78 is 9.90. The largest absolute Gasteiger partial charge is 0.467 e. The maximum absolute atomic E-state index is 14.0. The van der Waals surface area contributed by atoms with E-state index in [2.05, 4.69) is 22.8 Å². The van der Waals surface area contributed by atoms with Gasteiger partial charge in [0.2, 0.25) is 5.91 Å². The van der Waals surface area contributed by atoms with Gasteiger partial charge in [0.25, 0.3) is 0 Å². The number of hydrogen-bond acceptors (Lipinski definition) is 7. The Kier molecular flexibility index (Phi) is 11.2.